The highest BCUT2D eigenvalue weighted by Gasteiger charge is 2.14. The van der Waals surface area contributed by atoms with Crippen molar-refractivity contribution in [3.63, 3.8) is 0 Å². The summed E-state index contributed by atoms with van der Waals surface area (Å²) in [6.07, 6.45) is 0. The van der Waals surface area contributed by atoms with Gasteiger partial charge < -0.3 is 19.3 Å². The van der Waals surface area contributed by atoms with Crippen LogP contribution in [0.3, 0.4) is 0 Å². The number of nitrogens with zero attached hydrogens (tertiary/aromatic N) is 2. The zero-order valence-corrected chi connectivity index (χ0v) is 14.8. The molecule has 0 N–H and O–H groups in total. The van der Waals surface area contributed by atoms with Crippen LogP contribution in [0.4, 0.5) is 5.69 Å². The minimum atomic E-state index is 0.0179. The highest BCUT2D eigenvalue weighted by atomic mass is 16.5. The Hall–Kier alpha value is -2.53. The molecule has 0 aliphatic carbocycles. The van der Waals surface area contributed by atoms with Crippen molar-refractivity contribution >= 4 is 11.6 Å². The fourth-order valence-corrected chi connectivity index (χ4v) is 2.93. The molecular formula is C20H24N2O3. The predicted molar refractivity (Wildman–Crippen MR) is 98.3 cm³/mol. The Balaban J connectivity index is 1.62. The minimum absolute atomic E-state index is 0.0179. The maximum Gasteiger partial charge on any atom is 0.253 e. The standard InChI is InChI=1S/C20H24N2O3/c1-21(15-16-3-9-19(24-2)10-4-16)20(23)17-5-7-18(8-6-17)22-11-13-25-14-12-22/h3-10H,11-15H2,1-2H3. The molecule has 0 aromatic heterocycles. The number of ether oxygens (including phenoxy) is 2. The van der Waals surface area contributed by atoms with Crippen molar-refractivity contribution in [3.8, 4) is 5.75 Å². The molecular weight excluding hydrogens is 316 g/mol. The fourth-order valence-electron chi connectivity index (χ4n) is 2.93. The summed E-state index contributed by atoms with van der Waals surface area (Å²) in [6.45, 7) is 3.86. The van der Waals surface area contributed by atoms with Crippen molar-refractivity contribution in [2.45, 2.75) is 6.54 Å². The Morgan fingerprint density at radius 2 is 1.72 bits per heavy atom. The van der Waals surface area contributed by atoms with E-state index in [-0.39, 0.29) is 5.91 Å². The molecule has 0 spiro atoms. The molecule has 0 bridgehead atoms. The van der Waals surface area contributed by atoms with Crippen molar-refractivity contribution in [3.05, 3.63) is 59.7 Å². The number of carbonyl (C=O) groups is 1. The van der Waals surface area contributed by atoms with Crippen LogP contribution in [0, 0.1) is 0 Å². The van der Waals surface area contributed by atoms with Crippen LogP contribution in [-0.4, -0.2) is 51.3 Å². The van der Waals surface area contributed by atoms with Crippen molar-refractivity contribution in [1.82, 2.24) is 4.90 Å². The predicted octanol–water partition coefficient (Wildman–Crippen LogP) is 2.80. The minimum Gasteiger partial charge on any atom is -0.497 e. The lowest BCUT2D eigenvalue weighted by atomic mass is 10.1. The first-order chi connectivity index (χ1) is 12.2. The van der Waals surface area contributed by atoms with Crippen molar-refractivity contribution < 1.29 is 14.3 Å². The number of carbonyl (C=O) groups excluding carboxylic acids is 1. The van der Waals surface area contributed by atoms with Gasteiger partial charge in [-0.15, -0.1) is 0 Å². The highest BCUT2D eigenvalue weighted by Crippen LogP contribution is 2.18. The molecule has 5 heteroatoms. The van der Waals surface area contributed by atoms with E-state index >= 15 is 0 Å². The van der Waals surface area contributed by atoms with Gasteiger partial charge in [-0.3, -0.25) is 4.79 Å². The molecule has 0 saturated carbocycles. The molecule has 1 aliphatic heterocycles. The molecule has 132 valence electrons. The summed E-state index contributed by atoms with van der Waals surface area (Å²) in [5.41, 5.74) is 2.91. The lowest BCUT2D eigenvalue weighted by Gasteiger charge is -2.29. The molecule has 3 rings (SSSR count). The summed E-state index contributed by atoms with van der Waals surface area (Å²) in [6, 6.07) is 15.6. The molecule has 0 radical (unpaired) electrons. The molecule has 25 heavy (non-hydrogen) atoms. The first-order valence-corrected chi connectivity index (χ1v) is 8.48. The van der Waals surface area contributed by atoms with Gasteiger partial charge in [0, 0.05) is 37.9 Å². The number of morpholine rings is 1. The van der Waals surface area contributed by atoms with Crippen LogP contribution in [0.2, 0.25) is 0 Å². The van der Waals surface area contributed by atoms with Gasteiger partial charge in [0.1, 0.15) is 5.75 Å². The monoisotopic (exact) mass is 340 g/mol. The van der Waals surface area contributed by atoms with E-state index in [0.29, 0.717) is 12.1 Å². The largest absolute Gasteiger partial charge is 0.497 e. The Bertz CT molecular complexity index is 692. The summed E-state index contributed by atoms with van der Waals surface area (Å²) in [5, 5.41) is 0. The average molecular weight is 340 g/mol. The van der Waals surface area contributed by atoms with Crippen molar-refractivity contribution in [1.29, 1.82) is 0 Å². The smallest absolute Gasteiger partial charge is 0.253 e. The quantitative estimate of drug-likeness (QED) is 0.839. The van der Waals surface area contributed by atoms with E-state index in [1.165, 1.54) is 0 Å². The van der Waals surface area contributed by atoms with Gasteiger partial charge in [-0.05, 0) is 42.0 Å². The van der Waals surface area contributed by atoms with Gasteiger partial charge in [0.15, 0.2) is 0 Å². The number of amides is 1. The van der Waals surface area contributed by atoms with Crippen LogP contribution in [0.15, 0.2) is 48.5 Å². The third-order valence-electron chi connectivity index (χ3n) is 4.42. The lowest BCUT2D eigenvalue weighted by molar-refractivity contribution is 0.0785. The van der Waals surface area contributed by atoms with E-state index in [1.807, 2.05) is 55.6 Å². The lowest BCUT2D eigenvalue weighted by Crippen LogP contribution is -2.36. The SMILES string of the molecule is COc1ccc(CN(C)C(=O)c2ccc(N3CCOCC3)cc2)cc1. The second-order valence-corrected chi connectivity index (χ2v) is 6.16. The van der Waals surface area contributed by atoms with Gasteiger partial charge in [0.05, 0.1) is 20.3 Å². The molecule has 0 unspecified atom stereocenters. The molecule has 1 aliphatic rings. The average Bonchev–Trinajstić information content (AvgIpc) is 2.69. The second kappa shape index (κ2) is 8.03. The van der Waals surface area contributed by atoms with Gasteiger partial charge in [-0.2, -0.15) is 0 Å². The molecule has 5 nitrogen and oxygen atoms in total. The van der Waals surface area contributed by atoms with Gasteiger partial charge in [0.2, 0.25) is 0 Å². The highest BCUT2D eigenvalue weighted by molar-refractivity contribution is 5.94. The van der Waals surface area contributed by atoms with Crippen LogP contribution in [0.1, 0.15) is 15.9 Å². The molecule has 1 heterocycles. The first kappa shape index (κ1) is 17.3. The van der Waals surface area contributed by atoms with Crippen molar-refractivity contribution in [2.75, 3.05) is 45.4 Å². The molecule has 1 fully saturated rings. The number of anilines is 1. The molecule has 0 atom stereocenters. The first-order valence-electron chi connectivity index (χ1n) is 8.48. The maximum absolute atomic E-state index is 12.6. The molecule has 1 saturated heterocycles. The van der Waals surface area contributed by atoms with E-state index in [4.69, 9.17) is 9.47 Å². The van der Waals surface area contributed by atoms with Gasteiger partial charge in [0.25, 0.3) is 5.91 Å². The number of benzene rings is 2. The third-order valence-corrected chi connectivity index (χ3v) is 4.42. The van der Waals surface area contributed by atoms with Crippen LogP contribution >= 0.6 is 0 Å². The zero-order chi connectivity index (χ0) is 17.6. The topological polar surface area (TPSA) is 42.0 Å². The van der Waals surface area contributed by atoms with Crippen LogP contribution in [0.5, 0.6) is 5.75 Å². The molecule has 2 aromatic rings. The van der Waals surface area contributed by atoms with Gasteiger partial charge >= 0.3 is 0 Å². The summed E-state index contributed by atoms with van der Waals surface area (Å²) < 4.78 is 10.5. The van der Waals surface area contributed by atoms with Crippen LogP contribution in [-0.2, 0) is 11.3 Å². The number of hydrogen-bond acceptors (Lipinski definition) is 4. The van der Waals surface area contributed by atoms with E-state index in [1.54, 1.807) is 12.0 Å². The summed E-state index contributed by atoms with van der Waals surface area (Å²) >= 11 is 0. The third kappa shape index (κ3) is 4.31. The Kier molecular flexibility index (Phi) is 5.56. The van der Waals surface area contributed by atoms with Crippen LogP contribution < -0.4 is 9.64 Å². The van der Waals surface area contributed by atoms with Crippen LogP contribution in [0.25, 0.3) is 0 Å². The zero-order valence-electron chi connectivity index (χ0n) is 14.8. The summed E-state index contributed by atoms with van der Waals surface area (Å²) in [5.74, 6) is 0.834. The van der Waals surface area contributed by atoms with E-state index in [9.17, 15) is 4.79 Å². The molecule has 2 aromatic carbocycles. The summed E-state index contributed by atoms with van der Waals surface area (Å²) in [7, 11) is 3.47. The summed E-state index contributed by atoms with van der Waals surface area (Å²) in [4.78, 5) is 16.6. The Morgan fingerprint density at radius 3 is 2.32 bits per heavy atom. The second-order valence-electron chi connectivity index (χ2n) is 6.16. The van der Waals surface area contributed by atoms with E-state index < -0.39 is 0 Å². The van der Waals surface area contributed by atoms with E-state index in [0.717, 1.165) is 43.3 Å². The fraction of sp³-hybridized carbons (Fsp3) is 0.350. The van der Waals surface area contributed by atoms with E-state index in [2.05, 4.69) is 4.90 Å². The van der Waals surface area contributed by atoms with Gasteiger partial charge in [-0.1, -0.05) is 12.1 Å². The number of methoxy groups -OCH3 is 1. The Morgan fingerprint density at radius 1 is 1.08 bits per heavy atom. The number of hydrogen-bond donors (Lipinski definition) is 0. The normalized spacial score (nSPS) is 14.2. The number of rotatable bonds is 5. The van der Waals surface area contributed by atoms with Gasteiger partial charge in [-0.25, -0.2) is 0 Å². The Labute approximate surface area is 148 Å². The van der Waals surface area contributed by atoms with Crippen molar-refractivity contribution in [2.24, 2.45) is 0 Å². The molecule has 1 amide bonds. The maximum atomic E-state index is 12.6.